The Balaban J connectivity index is 1.94. The normalized spacial score (nSPS) is 12.3. The molecule has 0 aliphatic carbocycles. The smallest absolute Gasteiger partial charge is 0.434 e. The van der Waals surface area contributed by atoms with Crippen LogP contribution in [0.1, 0.15) is 21.6 Å². The number of methoxy groups -OCH3 is 1. The molecule has 6 nitrogen and oxygen atoms in total. The van der Waals surface area contributed by atoms with E-state index in [1.165, 1.54) is 24.3 Å². The molecule has 0 bridgehead atoms. The fourth-order valence-electron chi connectivity index (χ4n) is 2.99. The lowest BCUT2D eigenvalue weighted by Gasteiger charge is -2.17. The third-order valence-corrected chi connectivity index (χ3v) is 4.68. The summed E-state index contributed by atoms with van der Waals surface area (Å²) in [6.07, 6.45) is -4.03. The highest BCUT2D eigenvalue weighted by Gasteiger charge is 2.41. The van der Waals surface area contributed by atoms with E-state index in [0.717, 1.165) is 13.3 Å². The molecule has 0 unspecified atom stereocenters. The molecule has 2 aromatic carbocycles. The van der Waals surface area contributed by atoms with Crippen LogP contribution in [0.3, 0.4) is 0 Å². The third kappa shape index (κ3) is 5.24. The lowest BCUT2D eigenvalue weighted by molar-refractivity contribution is -0.143. The molecule has 1 heterocycles. The van der Waals surface area contributed by atoms with Crippen molar-refractivity contribution in [1.29, 1.82) is 0 Å². The average molecular weight is 452 g/mol. The van der Waals surface area contributed by atoms with Crippen molar-refractivity contribution in [1.82, 2.24) is 15.1 Å². The zero-order valence-corrected chi connectivity index (χ0v) is 16.9. The van der Waals surface area contributed by atoms with Crippen molar-refractivity contribution in [3.63, 3.8) is 0 Å². The second kappa shape index (κ2) is 9.22. The average Bonchev–Trinajstić information content (AvgIpc) is 3.20. The Hall–Kier alpha value is -3.33. The number of nitrogens with one attached hydrogen (secondary N) is 1. The molecule has 0 saturated heterocycles. The van der Waals surface area contributed by atoms with Crippen LogP contribution >= 0.6 is 11.6 Å². The molecule has 0 radical (unpaired) electrons. The molecule has 1 aromatic heterocycles. The molecule has 0 saturated carbocycles. The molecule has 3 aromatic rings. The maximum atomic E-state index is 13.8. The van der Waals surface area contributed by atoms with E-state index in [1.54, 1.807) is 30.3 Å². The standard InChI is InChI=1S/C21H17ClF3N3O3/c1-31-20(30)17(11-13-5-3-2-4-6-13)27-19(29)16-12-26-28(18(16)21(23,24)25)15-9-7-14(22)8-10-15/h2-10,12,17H,11H2,1H3,(H,27,29)/t17-/m0/s1. The number of nitrogens with zero attached hydrogens (tertiary/aromatic N) is 2. The highest BCUT2D eigenvalue weighted by molar-refractivity contribution is 6.30. The topological polar surface area (TPSA) is 73.2 Å². The van der Waals surface area contributed by atoms with Crippen LogP contribution in [0.25, 0.3) is 5.69 Å². The summed E-state index contributed by atoms with van der Waals surface area (Å²) in [5.41, 5.74) is -1.21. The van der Waals surface area contributed by atoms with Crippen LogP contribution in [-0.4, -0.2) is 34.8 Å². The second-order valence-corrected chi connectivity index (χ2v) is 6.97. The Labute approximate surface area is 180 Å². The Kier molecular flexibility index (Phi) is 6.65. The maximum absolute atomic E-state index is 13.8. The van der Waals surface area contributed by atoms with Gasteiger partial charge in [0.05, 0.1) is 24.6 Å². The van der Waals surface area contributed by atoms with Gasteiger partial charge in [0, 0.05) is 11.4 Å². The number of aromatic nitrogens is 2. The number of hydrogen-bond acceptors (Lipinski definition) is 4. The van der Waals surface area contributed by atoms with E-state index in [9.17, 15) is 22.8 Å². The molecule has 1 N–H and O–H groups in total. The summed E-state index contributed by atoms with van der Waals surface area (Å²) in [5.74, 6) is -1.88. The molecule has 10 heteroatoms. The summed E-state index contributed by atoms with van der Waals surface area (Å²) in [6.45, 7) is 0. The summed E-state index contributed by atoms with van der Waals surface area (Å²) in [5, 5.41) is 6.40. The number of carbonyl (C=O) groups excluding carboxylic acids is 2. The molecular weight excluding hydrogens is 435 g/mol. The minimum Gasteiger partial charge on any atom is -0.467 e. The van der Waals surface area contributed by atoms with Gasteiger partial charge in [0.1, 0.15) is 6.04 Å². The van der Waals surface area contributed by atoms with Gasteiger partial charge in [0.25, 0.3) is 5.91 Å². The molecule has 0 aliphatic heterocycles. The van der Waals surface area contributed by atoms with Crippen molar-refractivity contribution >= 4 is 23.5 Å². The first-order chi connectivity index (χ1) is 14.7. The Bertz CT molecular complexity index is 1070. The number of hydrogen-bond donors (Lipinski definition) is 1. The third-order valence-electron chi connectivity index (χ3n) is 4.43. The fraction of sp³-hybridized carbons (Fsp3) is 0.190. The first-order valence-electron chi connectivity index (χ1n) is 9.04. The quantitative estimate of drug-likeness (QED) is 0.574. The van der Waals surface area contributed by atoms with Gasteiger partial charge in [-0.3, -0.25) is 4.79 Å². The molecular formula is C21H17ClF3N3O3. The highest BCUT2D eigenvalue weighted by Crippen LogP contribution is 2.34. The van der Waals surface area contributed by atoms with Gasteiger partial charge < -0.3 is 10.1 Å². The number of carbonyl (C=O) groups is 2. The van der Waals surface area contributed by atoms with E-state index >= 15 is 0 Å². The van der Waals surface area contributed by atoms with Gasteiger partial charge >= 0.3 is 12.1 Å². The van der Waals surface area contributed by atoms with Crippen LogP contribution in [-0.2, 0) is 22.1 Å². The van der Waals surface area contributed by atoms with Crippen molar-refractivity contribution in [3.8, 4) is 5.69 Å². The van der Waals surface area contributed by atoms with E-state index in [0.29, 0.717) is 15.3 Å². The van der Waals surface area contributed by atoms with Gasteiger partial charge in [-0.25, -0.2) is 9.48 Å². The predicted octanol–water partition coefficient (Wildman–Crippen LogP) is 4.06. The summed E-state index contributed by atoms with van der Waals surface area (Å²) in [6, 6.07) is 13.0. The van der Waals surface area contributed by atoms with Crippen molar-refractivity contribution in [2.75, 3.05) is 7.11 Å². The number of benzene rings is 2. The number of halogens is 4. The van der Waals surface area contributed by atoms with Crippen molar-refractivity contribution < 1.29 is 27.5 Å². The van der Waals surface area contributed by atoms with Crippen molar-refractivity contribution in [3.05, 3.63) is 82.6 Å². The van der Waals surface area contributed by atoms with E-state index < -0.39 is 35.4 Å². The summed E-state index contributed by atoms with van der Waals surface area (Å²) in [7, 11) is 1.13. The second-order valence-electron chi connectivity index (χ2n) is 6.53. The maximum Gasteiger partial charge on any atom is 0.434 e. The predicted molar refractivity (Wildman–Crippen MR) is 107 cm³/mol. The van der Waals surface area contributed by atoms with Crippen LogP contribution < -0.4 is 5.32 Å². The van der Waals surface area contributed by atoms with Gasteiger partial charge in [-0.15, -0.1) is 0 Å². The Morgan fingerprint density at radius 1 is 1.13 bits per heavy atom. The molecule has 162 valence electrons. The largest absolute Gasteiger partial charge is 0.467 e. The SMILES string of the molecule is COC(=O)[C@H](Cc1ccccc1)NC(=O)c1cnn(-c2ccc(Cl)cc2)c1C(F)(F)F. The van der Waals surface area contributed by atoms with Crippen LogP contribution in [0.5, 0.6) is 0 Å². The number of esters is 1. The lowest BCUT2D eigenvalue weighted by Crippen LogP contribution is -2.43. The molecule has 3 rings (SSSR count). The number of rotatable bonds is 6. The molecule has 1 amide bonds. The van der Waals surface area contributed by atoms with E-state index in [-0.39, 0.29) is 12.1 Å². The van der Waals surface area contributed by atoms with Gasteiger partial charge in [-0.2, -0.15) is 18.3 Å². The highest BCUT2D eigenvalue weighted by atomic mass is 35.5. The summed E-state index contributed by atoms with van der Waals surface area (Å²) in [4.78, 5) is 24.9. The minimum atomic E-state index is -4.89. The monoisotopic (exact) mass is 451 g/mol. The van der Waals surface area contributed by atoms with Crippen molar-refractivity contribution in [2.24, 2.45) is 0 Å². The van der Waals surface area contributed by atoms with Crippen LogP contribution in [0.4, 0.5) is 13.2 Å². The number of amides is 1. The molecule has 0 aliphatic rings. The van der Waals surface area contributed by atoms with Gasteiger partial charge in [0.2, 0.25) is 0 Å². The lowest BCUT2D eigenvalue weighted by atomic mass is 10.1. The van der Waals surface area contributed by atoms with Gasteiger partial charge in [-0.1, -0.05) is 41.9 Å². The van der Waals surface area contributed by atoms with Gasteiger partial charge in [0.15, 0.2) is 5.69 Å². The number of alkyl halides is 3. The zero-order chi connectivity index (χ0) is 22.6. The fourth-order valence-corrected chi connectivity index (χ4v) is 3.11. The van der Waals surface area contributed by atoms with Gasteiger partial charge in [-0.05, 0) is 29.8 Å². The Morgan fingerprint density at radius 3 is 2.35 bits per heavy atom. The summed E-state index contributed by atoms with van der Waals surface area (Å²) >= 11 is 5.79. The summed E-state index contributed by atoms with van der Waals surface area (Å²) < 4.78 is 46.8. The van der Waals surface area contributed by atoms with Crippen molar-refractivity contribution in [2.45, 2.75) is 18.6 Å². The van der Waals surface area contributed by atoms with Crippen LogP contribution in [0, 0.1) is 0 Å². The van der Waals surface area contributed by atoms with E-state index in [1.807, 2.05) is 0 Å². The van der Waals surface area contributed by atoms with E-state index in [2.05, 4.69) is 10.4 Å². The first-order valence-corrected chi connectivity index (χ1v) is 9.42. The first kappa shape index (κ1) is 22.4. The minimum absolute atomic E-state index is 0.0475. The Morgan fingerprint density at radius 2 is 1.77 bits per heavy atom. The van der Waals surface area contributed by atoms with E-state index in [4.69, 9.17) is 16.3 Å². The zero-order valence-electron chi connectivity index (χ0n) is 16.2. The molecule has 0 fully saturated rings. The molecule has 1 atom stereocenters. The molecule has 0 spiro atoms. The van der Waals surface area contributed by atoms with Crippen LogP contribution in [0.2, 0.25) is 5.02 Å². The number of ether oxygens (including phenoxy) is 1. The van der Waals surface area contributed by atoms with Crippen LogP contribution in [0.15, 0.2) is 60.8 Å². The molecule has 31 heavy (non-hydrogen) atoms.